The van der Waals surface area contributed by atoms with E-state index in [0.717, 1.165) is 31.5 Å². The highest BCUT2D eigenvalue weighted by Crippen LogP contribution is 2.37. The van der Waals surface area contributed by atoms with Crippen LogP contribution in [0.15, 0.2) is 72.1 Å². The molecule has 0 radical (unpaired) electrons. The quantitative estimate of drug-likeness (QED) is 0.446. The van der Waals surface area contributed by atoms with Gasteiger partial charge in [0.05, 0.1) is 12.6 Å². The zero-order valence-electron chi connectivity index (χ0n) is 21.3. The van der Waals surface area contributed by atoms with Gasteiger partial charge in [-0.2, -0.15) is 0 Å². The molecule has 3 heterocycles. The zero-order chi connectivity index (χ0) is 25.5. The van der Waals surface area contributed by atoms with E-state index in [9.17, 15) is 9.59 Å². The maximum atomic E-state index is 13.2. The van der Waals surface area contributed by atoms with Crippen LogP contribution in [0.5, 0.6) is 0 Å². The fraction of sp³-hybridized carbons (Fsp3) is 0.400. The molecule has 2 aliphatic rings. The van der Waals surface area contributed by atoms with Crippen molar-refractivity contribution in [3.05, 3.63) is 93.7 Å². The van der Waals surface area contributed by atoms with Gasteiger partial charge in [-0.15, -0.1) is 11.3 Å². The molecule has 37 heavy (non-hydrogen) atoms. The molecule has 5 rings (SSSR count). The molecule has 1 unspecified atom stereocenters. The largest absolute Gasteiger partial charge is 0.367 e. The van der Waals surface area contributed by atoms with Gasteiger partial charge in [0.25, 0.3) is 0 Å². The highest BCUT2D eigenvalue weighted by atomic mass is 32.1. The van der Waals surface area contributed by atoms with E-state index in [4.69, 9.17) is 4.74 Å². The number of thiophene rings is 1. The molecule has 0 saturated carbocycles. The molecule has 2 aromatic carbocycles. The van der Waals surface area contributed by atoms with Crippen LogP contribution in [-0.4, -0.2) is 72.4 Å². The van der Waals surface area contributed by atoms with Gasteiger partial charge in [-0.3, -0.25) is 14.5 Å². The third-order valence-corrected chi connectivity index (χ3v) is 8.33. The Hall–Kier alpha value is -3.00. The summed E-state index contributed by atoms with van der Waals surface area (Å²) in [6.07, 6.45) is 2.33. The van der Waals surface area contributed by atoms with Crippen molar-refractivity contribution in [1.29, 1.82) is 0 Å². The minimum atomic E-state index is -0.00387. The van der Waals surface area contributed by atoms with Gasteiger partial charge >= 0.3 is 0 Å². The Balaban J connectivity index is 1.12. The lowest BCUT2D eigenvalue weighted by molar-refractivity contribution is -0.137. The summed E-state index contributed by atoms with van der Waals surface area (Å²) in [5, 5.41) is 2.19. The Bertz CT molecular complexity index is 1170. The van der Waals surface area contributed by atoms with Crippen LogP contribution in [0.1, 0.15) is 40.5 Å². The Kier molecular flexibility index (Phi) is 8.66. The van der Waals surface area contributed by atoms with E-state index in [-0.39, 0.29) is 24.5 Å². The molecule has 1 atom stereocenters. The normalized spacial score (nSPS) is 18.3. The van der Waals surface area contributed by atoms with Gasteiger partial charge in [0.1, 0.15) is 6.61 Å². The predicted octanol–water partition coefficient (Wildman–Crippen LogP) is 4.36. The van der Waals surface area contributed by atoms with Crippen LogP contribution < -0.4 is 0 Å². The predicted molar refractivity (Wildman–Crippen MR) is 146 cm³/mol. The van der Waals surface area contributed by atoms with Crippen molar-refractivity contribution in [2.75, 3.05) is 45.9 Å². The summed E-state index contributed by atoms with van der Waals surface area (Å²) in [7, 11) is 0. The summed E-state index contributed by atoms with van der Waals surface area (Å²) in [5.74, 6) is 0.174. The number of hydrogen-bond acceptors (Lipinski definition) is 5. The Morgan fingerprint density at radius 3 is 2.30 bits per heavy atom. The Morgan fingerprint density at radius 2 is 1.54 bits per heavy atom. The van der Waals surface area contributed by atoms with E-state index in [0.29, 0.717) is 39.2 Å². The highest BCUT2D eigenvalue weighted by Gasteiger charge is 2.30. The van der Waals surface area contributed by atoms with Crippen LogP contribution >= 0.6 is 11.3 Å². The minimum Gasteiger partial charge on any atom is -0.367 e. The topological polar surface area (TPSA) is 53.1 Å². The summed E-state index contributed by atoms with van der Waals surface area (Å²) in [6, 6.07) is 23.0. The summed E-state index contributed by atoms with van der Waals surface area (Å²) in [6.45, 7) is 4.71. The second-order valence-corrected chi connectivity index (χ2v) is 10.7. The van der Waals surface area contributed by atoms with E-state index in [1.807, 2.05) is 51.5 Å². The number of hydrogen-bond donors (Lipinski definition) is 0. The number of benzene rings is 2. The van der Waals surface area contributed by atoms with Crippen LogP contribution in [0.4, 0.5) is 0 Å². The molecular formula is C30H35N3O3S. The number of fused-ring (bicyclic) bond motifs is 1. The molecule has 0 aliphatic carbocycles. The third kappa shape index (κ3) is 6.47. The van der Waals surface area contributed by atoms with Crippen molar-refractivity contribution < 1.29 is 14.3 Å². The standard InChI is InChI=1S/C30H35N3O3S/c34-28(13-18-33-17-12-27-26(14-21-37-27)30(33)25-10-5-2-6-11-25)31-15-7-16-32(20-19-31)29(35)23-36-22-24-8-3-1-4-9-24/h1-6,8-11,14,21,30H,7,12-13,15-20,22-23H2. The molecule has 2 aliphatic heterocycles. The minimum absolute atomic E-state index is 0.00387. The molecule has 1 saturated heterocycles. The zero-order valence-corrected chi connectivity index (χ0v) is 22.1. The second kappa shape index (κ2) is 12.5. The molecule has 1 aromatic heterocycles. The van der Waals surface area contributed by atoms with Crippen LogP contribution in [0.2, 0.25) is 0 Å². The van der Waals surface area contributed by atoms with Gasteiger partial charge in [-0.1, -0.05) is 60.7 Å². The second-order valence-electron chi connectivity index (χ2n) is 9.74. The van der Waals surface area contributed by atoms with Crippen molar-refractivity contribution in [1.82, 2.24) is 14.7 Å². The van der Waals surface area contributed by atoms with Gasteiger partial charge in [-0.05, 0) is 41.0 Å². The lowest BCUT2D eigenvalue weighted by atomic mass is 9.93. The molecule has 7 heteroatoms. The number of ether oxygens (including phenoxy) is 1. The van der Waals surface area contributed by atoms with E-state index in [1.165, 1.54) is 16.0 Å². The summed E-state index contributed by atoms with van der Waals surface area (Å²) >= 11 is 1.84. The van der Waals surface area contributed by atoms with Crippen LogP contribution in [0.25, 0.3) is 0 Å². The fourth-order valence-corrected chi connectivity index (χ4v) is 6.27. The smallest absolute Gasteiger partial charge is 0.248 e. The summed E-state index contributed by atoms with van der Waals surface area (Å²) in [4.78, 5) is 33.6. The van der Waals surface area contributed by atoms with Crippen molar-refractivity contribution >= 4 is 23.2 Å². The van der Waals surface area contributed by atoms with Gasteiger partial charge < -0.3 is 14.5 Å². The van der Waals surface area contributed by atoms with Crippen molar-refractivity contribution in [2.45, 2.75) is 31.9 Å². The van der Waals surface area contributed by atoms with Crippen molar-refractivity contribution in [3.8, 4) is 0 Å². The van der Waals surface area contributed by atoms with Gasteiger partial charge in [-0.25, -0.2) is 0 Å². The Morgan fingerprint density at radius 1 is 0.838 bits per heavy atom. The van der Waals surface area contributed by atoms with E-state index in [2.05, 4.69) is 46.7 Å². The monoisotopic (exact) mass is 517 g/mol. The Labute approximate surface area is 223 Å². The van der Waals surface area contributed by atoms with Gasteiger partial charge in [0.2, 0.25) is 11.8 Å². The number of carbonyl (C=O) groups is 2. The number of amides is 2. The summed E-state index contributed by atoms with van der Waals surface area (Å²) in [5.41, 5.74) is 3.72. The maximum absolute atomic E-state index is 13.2. The number of nitrogens with zero attached hydrogens (tertiary/aromatic N) is 3. The van der Waals surface area contributed by atoms with E-state index in [1.54, 1.807) is 0 Å². The van der Waals surface area contributed by atoms with Crippen LogP contribution in [0, 0.1) is 0 Å². The molecule has 6 nitrogen and oxygen atoms in total. The van der Waals surface area contributed by atoms with Crippen molar-refractivity contribution in [2.24, 2.45) is 0 Å². The highest BCUT2D eigenvalue weighted by molar-refractivity contribution is 7.10. The lowest BCUT2D eigenvalue weighted by Gasteiger charge is -2.36. The average Bonchev–Trinajstić information content (AvgIpc) is 3.28. The lowest BCUT2D eigenvalue weighted by Crippen LogP contribution is -2.41. The number of rotatable bonds is 8. The average molecular weight is 518 g/mol. The first-order valence-electron chi connectivity index (χ1n) is 13.2. The molecule has 2 amide bonds. The fourth-order valence-electron chi connectivity index (χ4n) is 5.37. The first-order chi connectivity index (χ1) is 18.2. The van der Waals surface area contributed by atoms with Crippen LogP contribution in [0.3, 0.4) is 0 Å². The van der Waals surface area contributed by atoms with Crippen molar-refractivity contribution in [3.63, 3.8) is 0 Å². The van der Waals surface area contributed by atoms with E-state index < -0.39 is 0 Å². The molecule has 0 spiro atoms. The first kappa shape index (κ1) is 25.6. The van der Waals surface area contributed by atoms with Gasteiger partial charge in [0.15, 0.2) is 0 Å². The molecule has 194 valence electrons. The molecule has 1 fully saturated rings. The van der Waals surface area contributed by atoms with Crippen LogP contribution in [-0.2, 0) is 27.4 Å². The third-order valence-electron chi connectivity index (χ3n) is 7.33. The number of carbonyl (C=O) groups excluding carboxylic acids is 2. The molecule has 0 bridgehead atoms. The molecule has 3 aromatic rings. The molecular weight excluding hydrogens is 482 g/mol. The maximum Gasteiger partial charge on any atom is 0.248 e. The van der Waals surface area contributed by atoms with Gasteiger partial charge in [0, 0.05) is 50.6 Å². The van der Waals surface area contributed by atoms with E-state index >= 15 is 0 Å². The molecule has 0 N–H and O–H groups in total. The summed E-state index contributed by atoms with van der Waals surface area (Å²) < 4.78 is 5.64. The SMILES string of the molecule is O=C(CCN1CCc2sccc2C1c1ccccc1)N1CCCN(C(=O)COCc2ccccc2)CC1. The first-order valence-corrected chi connectivity index (χ1v) is 14.1.